The standard InChI is InChI=1S/C9H11N3O/c13-4-2-8-5-12(6-8)9-1-3-10-7-11-9/h1,3-4,7-8H,2,5-6H2. The third-order valence-corrected chi connectivity index (χ3v) is 2.28. The molecule has 0 unspecified atom stereocenters. The molecule has 1 aliphatic heterocycles. The maximum Gasteiger partial charge on any atom is 0.131 e. The molecule has 0 atom stereocenters. The summed E-state index contributed by atoms with van der Waals surface area (Å²) in [5, 5.41) is 0. The van der Waals surface area contributed by atoms with E-state index >= 15 is 0 Å². The van der Waals surface area contributed by atoms with Gasteiger partial charge in [-0.3, -0.25) is 0 Å². The van der Waals surface area contributed by atoms with E-state index in [2.05, 4.69) is 14.9 Å². The van der Waals surface area contributed by atoms with Crippen LogP contribution in [0.25, 0.3) is 0 Å². The highest BCUT2D eigenvalue weighted by atomic mass is 16.1. The van der Waals surface area contributed by atoms with E-state index in [1.54, 1.807) is 12.5 Å². The molecule has 0 amide bonds. The average molecular weight is 177 g/mol. The van der Waals surface area contributed by atoms with Gasteiger partial charge in [-0.2, -0.15) is 0 Å². The normalized spacial score (nSPS) is 16.8. The maximum absolute atomic E-state index is 10.2. The van der Waals surface area contributed by atoms with Crippen LogP contribution in [0.2, 0.25) is 0 Å². The van der Waals surface area contributed by atoms with Gasteiger partial charge in [-0.05, 0) is 6.07 Å². The summed E-state index contributed by atoms with van der Waals surface area (Å²) in [6, 6.07) is 1.89. The van der Waals surface area contributed by atoms with Gasteiger partial charge in [0.25, 0.3) is 0 Å². The molecule has 0 spiro atoms. The van der Waals surface area contributed by atoms with Gasteiger partial charge in [0.15, 0.2) is 0 Å². The molecule has 2 heterocycles. The predicted octanol–water partition coefficient (Wildman–Crippen LogP) is 0.502. The highest BCUT2D eigenvalue weighted by Gasteiger charge is 2.26. The van der Waals surface area contributed by atoms with Crippen LogP contribution in [-0.4, -0.2) is 29.3 Å². The molecular weight excluding hydrogens is 166 g/mol. The van der Waals surface area contributed by atoms with Crippen LogP contribution in [0.5, 0.6) is 0 Å². The SMILES string of the molecule is O=CCC1CN(c2ccncn2)C1. The van der Waals surface area contributed by atoms with Crippen molar-refractivity contribution in [3.63, 3.8) is 0 Å². The van der Waals surface area contributed by atoms with Crippen molar-refractivity contribution >= 4 is 12.1 Å². The van der Waals surface area contributed by atoms with Crippen LogP contribution >= 0.6 is 0 Å². The molecule has 4 heteroatoms. The molecule has 68 valence electrons. The number of aldehydes is 1. The van der Waals surface area contributed by atoms with Gasteiger partial charge in [0, 0.05) is 31.6 Å². The van der Waals surface area contributed by atoms with Crippen LogP contribution in [0.4, 0.5) is 5.82 Å². The molecule has 0 aromatic carbocycles. The number of rotatable bonds is 3. The van der Waals surface area contributed by atoms with Gasteiger partial charge >= 0.3 is 0 Å². The predicted molar refractivity (Wildman–Crippen MR) is 48.4 cm³/mol. The Morgan fingerprint density at radius 2 is 2.46 bits per heavy atom. The highest BCUT2D eigenvalue weighted by Crippen LogP contribution is 2.23. The zero-order chi connectivity index (χ0) is 9.10. The quantitative estimate of drug-likeness (QED) is 0.631. The first-order valence-corrected chi connectivity index (χ1v) is 4.34. The van der Waals surface area contributed by atoms with E-state index in [-0.39, 0.29) is 0 Å². The minimum atomic E-state index is 0.521. The molecule has 2 rings (SSSR count). The summed E-state index contributed by atoms with van der Waals surface area (Å²) >= 11 is 0. The molecule has 0 aliphatic carbocycles. The van der Waals surface area contributed by atoms with Gasteiger partial charge in [0.1, 0.15) is 18.4 Å². The number of nitrogens with zero attached hydrogens (tertiary/aromatic N) is 3. The van der Waals surface area contributed by atoms with Crippen molar-refractivity contribution in [1.82, 2.24) is 9.97 Å². The first kappa shape index (κ1) is 8.16. The number of hydrogen-bond acceptors (Lipinski definition) is 4. The van der Waals surface area contributed by atoms with Crippen molar-refractivity contribution in [2.45, 2.75) is 6.42 Å². The largest absolute Gasteiger partial charge is 0.356 e. The molecule has 4 nitrogen and oxygen atoms in total. The Kier molecular flexibility index (Phi) is 2.21. The highest BCUT2D eigenvalue weighted by molar-refractivity contribution is 5.52. The molecule has 0 saturated carbocycles. The molecule has 1 aromatic heterocycles. The number of hydrogen-bond donors (Lipinski definition) is 0. The fourth-order valence-corrected chi connectivity index (χ4v) is 1.51. The second-order valence-corrected chi connectivity index (χ2v) is 3.24. The topological polar surface area (TPSA) is 46.1 Å². The summed E-state index contributed by atoms with van der Waals surface area (Å²) in [4.78, 5) is 20.3. The summed E-state index contributed by atoms with van der Waals surface area (Å²) in [6.07, 6.45) is 4.93. The van der Waals surface area contributed by atoms with Crippen LogP contribution < -0.4 is 4.90 Å². The Hall–Kier alpha value is -1.45. The van der Waals surface area contributed by atoms with Gasteiger partial charge in [-0.25, -0.2) is 9.97 Å². The van der Waals surface area contributed by atoms with E-state index < -0.39 is 0 Å². The lowest BCUT2D eigenvalue weighted by Gasteiger charge is -2.39. The first-order chi connectivity index (χ1) is 6.40. The van der Waals surface area contributed by atoms with E-state index in [0.717, 1.165) is 25.2 Å². The second-order valence-electron chi connectivity index (χ2n) is 3.24. The molecule has 1 aromatic rings. The third-order valence-electron chi connectivity index (χ3n) is 2.28. The van der Waals surface area contributed by atoms with Crippen LogP contribution in [0.3, 0.4) is 0 Å². The van der Waals surface area contributed by atoms with Gasteiger partial charge < -0.3 is 9.69 Å². The lowest BCUT2D eigenvalue weighted by Crippen LogP contribution is -2.47. The van der Waals surface area contributed by atoms with Gasteiger partial charge in [0.2, 0.25) is 0 Å². The molecule has 1 aliphatic rings. The minimum absolute atomic E-state index is 0.521. The summed E-state index contributed by atoms with van der Waals surface area (Å²) in [7, 11) is 0. The molecular formula is C9H11N3O. The zero-order valence-electron chi connectivity index (χ0n) is 7.26. The van der Waals surface area contributed by atoms with E-state index in [9.17, 15) is 4.79 Å². The Labute approximate surface area is 76.6 Å². The van der Waals surface area contributed by atoms with E-state index in [0.29, 0.717) is 12.3 Å². The Morgan fingerprint density at radius 1 is 1.62 bits per heavy atom. The number of aromatic nitrogens is 2. The van der Waals surface area contributed by atoms with E-state index in [1.807, 2.05) is 6.07 Å². The van der Waals surface area contributed by atoms with Crippen LogP contribution in [-0.2, 0) is 4.79 Å². The molecule has 1 saturated heterocycles. The third kappa shape index (κ3) is 1.66. The summed E-state index contributed by atoms with van der Waals surface area (Å²) in [5.74, 6) is 1.48. The van der Waals surface area contributed by atoms with Crippen molar-refractivity contribution in [2.75, 3.05) is 18.0 Å². The average Bonchev–Trinajstić information content (AvgIpc) is 2.12. The summed E-state index contributed by atoms with van der Waals surface area (Å²) in [6.45, 7) is 1.88. The van der Waals surface area contributed by atoms with Crippen molar-refractivity contribution < 1.29 is 4.79 Å². The smallest absolute Gasteiger partial charge is 0.131 e. The van der Waals surface area contributed by atoms with E-state index in [1.165, 1.54) is 0 Å². The Morgan fingerprint density at radius 3 is 3.08 bits per heavy atom. The first-order valence-electron chi connectivity index (χ1n) is 4.34. The Balaban J connectivity index is 1.90. The summed E-state index contributed by atoms with van der Waals surface area (Å²) < 4.78 is 0. The number of carbonyl (C=O) groups excluding carboxylic acids is 1. The van der Waals surface area contributed by atoms with Crippen LogP contribution in [0.15, 0.2) is 18.6 Å². The van der Waals surface area contributed by atoms with Crippen molar-refractivity contribution in [2.24, 2.45) is 5.92 Å². The fraction of sp³-hybridized carbons (Fsp3) is 0.444. The van der Waals surface area contributed by atoms with Crippen molar-refractivity contribution in [3.05, 3.63) is 18.6 Å². The fourth-order valence-electron chi connectivity index (χ4n) is 1.51. The monoisotopic (exact) mass is 177 g/mol. The number of carbonyl (C=O) groups is 1. The lowest BCUT2D eigenvalue weighted by molar-refractivity contribution is -0.108. The van der Waals surface area contributed by atoms with Crippen molar-refractivity contribution in [1.29, 1.82) is 0 Å². The number of anilines is 1. The molecule has 1 fully saturated rings. The molecule has 0 radical (unpaired) electrons. The zero-order valence-corrected chi connectivity index (χ0v) is 7.26. The summed E-state index contributed by atoms with van der Waals surface area (Å²) in [5.41, 5.74) is 0. The minimum Gasteiger partial charge on any atom is -0.356 e. The molecule has 0 bridgehead atoms. The van der Waals surface area contributed by atoms with Crippen LogP contribution in [0.1, 0.15) is 6.42 Å². The van der Waals surface area contributed by atoms with E-state index in [4.69, 9.17) is 0 Å². The van der Waals surface area contributed by atoms with Crippen LogP contribution in [0, 0.1) is 5.92 Å². The van der Waals surface area contributed by atoms with Gasteiger partial charge in [-0.15, -0.1) is 0 Å². The van der Waals surface area contributed by atoms with Crippen molar-refractivity contribution in [3.8, 4) is 0 Å². The molecule has 0 N–H and O–H groups in total. The lowest BCUT2D eigenvalue weighted by atomic mass is 9.97. The Bertz CT molecular complexity index is 282. The second kappa shape index (κ2) is 3.51. The van der Waals surface area contributed by atoms with Gasteiger partial charge in [-0.1, -0.05) is 0 Å². The maximum atomic E-state index is 10.2. The van der Waals surface area contributed by atoms with Gasteiger partial charge in [0.05, 0.1) is 0 Å². The molecule has 13 heavy (non-hydrogen) atoms.